The number of rotatable bonds is 5. The van der Waals surface area contributed by atoms with Crippen molar-refractivity contribution < 1.29 is 9.90 Å². The summed E-state index contributed by atoms with van der Waals surface area (Å²) in [4.78, 5) is 11.1. The minimum Gasteiger partial charge on any atom is -0.481 e. The van der Waals surface area contributed by atoms with Crippen molar-refractivity contribution in [3.63, 3.8) is 0 Å². The smallest absolute Gasteiger partial charge is 0.303 e. The lowest BCUT2D eigenvalue weighted by Gasteiger charge is -2.63. The summed E-state index contributed by atoms with van der Waals surface area (Å²) >= 11 is 0. The number of carboxylic acids is 1. The largest absolute Gasteiger partial charge is 0.481 e. The van der Waals surface area contributed by atoms with Gasteiger partial charge in [0.15, 0.2) is 0 Å². The lowest BCUT2D eigenvalue weighted by Crippen LogP contribution is -2.55. The molecule has 28 heavy (non-hydrogen) atoms. The van der Waals surface area contributed by atoms with Crippen LogP contribution >= 0.6 is 0 Å². The molecule has 4 saturated carbocycles. The second kappa shape index (κ2) is 7.62. The monoisotopic (exact) mass is 388 g/mol. The van der Waals surface area contributed by atoms with Gasteiger partial charge in [0.1, 0.15) is 0 Å². The quantitative estimate of drug-likeness (QED) is 0.542. The summed E-state index contributed by atoms with van der Waals surface area (Å²) in [7, 11) is 0. The highest BCUT2D eigenvalue weighted by Crippen LogP contribution is 2.69. The van der Waals surface area contributed by atoms with Gasteiger partial charge in [0.25, 0.3) is 0 Å². The van der Waals surface area contributed by atoms with Crippen molar-refractivity contribution in [2.24, 2.45) is 52.3 Å². The van der Waals surface area contributed by atoms with Crippen molar-refractivity contribution in [3.8, 4) is 0 Å². The van der Waals surface area contributed by atoms with E-state index in [2.05, 4.69) is 27.7 Å². The van der Waals surface area contributed by atoms with E-state index in [0.717, 1.165) is 41.9 Å². The predicted molar refractivity (Wildman–Crippen MR) is 115 cm³/mol. The number of carboxylic acid groups (broad SMARTS) is 1. The molecule has 4 fully saturated rings. The Morgan fingerprint density at radius 2 is 1.75 bits per heavy atom. The molecule has 0 aromatic rings. The Morgan fingerprint density at radius 3 is 2.46 bits per heavy atom. The van der Waals surface area contributed by atoms with Crippen molar-refractivity contribution >= 4 is 5.97 Å². The Labute approximate surface area is 173 Å². The molecule has 0 aliphatic heterocycles. The molecule has 0 heterocycles. The van der Waals surface area contributed by atoms with Crippen molar-refractivity contribution in [2.45, 2.75) is 105 Å². The van der Waals surface area contributed by atoms with Gasteiger partial charge >= 0.3 is 5.97 Å². The van der Waals surface area contributed by atoms with Gasteiger partial charge in [-0.25, -0.2) is 0 Å². The van der Waals surface area contributed by atoms with Crippen LogP contribution in [0.5, 0.6) is 0 Å². The second-order valence-electron chi connectivity index (χ2n) is 11.8. The number of fused-ring (bicyclic) bond motifs is 5. The minimum atomic E-state index is -0.621. The standard InChI is InChI=1S/C26H44O2/c1-5-18-16-19-22-11-10-20(17(2)9-12-24(27)28)26(22,4)15-13-23(19)25(3)14-7-6-8-21(18)25/h17-23H,5-16H2,1-4H3,(H,27,28)/t17-,18+,19+,20-,21+,22+,23+,25+,26-/m1/s1. The van der Waals surface area contributed by atoms with Crippen LogP contribution in [0.3, 0.4) is 0 Å². The molecule has 1 N–H and O–H groups in total. The Bertz CT molecular complexity index is 585. The van der Waals surface area contributed by atoms with Crippen LogP contribution < -0.4 is 0 Å². The molecule has 2 heteroatoms. The van der Waals surface area contributed by atoms with E-state index < -0.39 is 5.97 Å². The second-order valence-corrected chi connectivity index (χ2v) is 11.8. The van der Waals surface area contributed by atoms with Crippen LogP contribution in [-0.2, 0) is 4.79 Å². The normalized spacial score (nSPS) is 49.0. The molecule has 4 rings (SSSR count). The van der Waals surface area contributed by atoms with Gasteiger partial charge in [-0.05, 0) is 104 Å². The van der Waals surface area contributed by atoms with E-state index in [-0.39, 0.29) is 0 Å². The Kier molecular flexibility index (Phi) is 5.64. The van der Waals surface area contributed by atoms with Crippen molar-refractivity contribution in [3.05, 3.63) is 0 Å². The highest BCUT2D eigenvalue weighted by Gasteiger charge is 2.61. The summed E-state index contributed by atoms with van der Waals surface area (Å²) in [5.41, 5.74) is 1.07. The lowest BCUT2D eigenvalue weighted by molar-refractivity contribution is -0.140. The molecule has 0 bridgehead atoms. The molecular formula is C26H44O2. The Morgan fingerprint density at radius 1 is 1.00 bits per heavy atom. The van der Waals surface area contributed by atoms with Gasteiger partial charge in [0, 0.05) is 6.42 Å². The molecule has 0 aromatic heterocycles. The first-order chi connectivity index (χ1) is 13.3. The Hall–Kier alpha value is -0.530. The van der Waals surface area contributed by atoms with Gasteiger partial charge in [0.05, 0.1) is 0 Å². The number of hydrogen-bond donors (Lipinski definition) is 1. The van der Waals surface area contributed by atoms with Gasteiger partial charge in [-0.2, -0.15) is 0 Å². The average Bonchev–Trinajstić information content (AvgIpc) is 3.02. The molecular weight excluding hydrogens is 344 g/mol. The van der Waals surface area contributed by atoms with Gasteiger partial charge < -0.3 is 5.11 Å². The summed E-state index contributed by atoms with van der Waals surface area (Å²) in [6.45, 7) is 10.1. The van der Waals surface area contributed by atoms with E-state index >= 15 is 0 Å². The van der Waals surface area contributed by atoms with Gasteiger partial charge in [0.2, 0.25) is 0 Å². The molecule has 0 spiro atoms. The lowest BCUT2D eigenvalue weighted by atomic mass is 9.42. The fraction of sp³-hybridized carbons (Fsp3) is 0.962. The van der Waals surface area contributed by atoms with Crippen LogP contribution in [0.25, 0.3) is 0 Å². The molecule has 4 aliphatic rings. The topological polar surface area (TPSA) is 37.3 Å². The summed E-state index contributed by atoms with van der Waals surface area (Å²) in [6.07, 6.45) is 15.6. The SMILES string of the molecule is CC[C@H]1C[C@@H]2[C@H](CC[C@]3(C)[C@@H]([C@H](C)CCC(=O)O)CC[C@@H]23)[C@@]2(C)CCCC[C@@H]12. The first kappa shape index (κ1) is 20.7. The van der Waals surface area contributed by atoms with Crippen LogP contribution in [0.15, 0.2) is 0 Å². The van der Waals surface area contributed by atoms with Gasteiger partial charge in [-0.1, -0.05) is 47.0 Å². The third-order valence-corrected chi connectivity index (χ3v) is 10.9. The van der Waals surface area contributed by atoms with Crippen molar-refractivity contribution in [1.29, 1.82) is 0 Å². The highest BCUT2D eigenvalue weighted by atomic mass is 16.4. The number of hydrogen-bond acceptors (Lipinski definition) is 1. The predicted octanol–water partition coefficient (Wildman–Crippen LogP) is 7.17. The van der Waals surface area contributed by atoms with E-state index in [9.17, 15) is 4.79 Å². The minimum absolute atomic E-state index is 0.349. The van der Waals surface area contributed by atoms with E-state index in [4.69, 9.17) is 5.11 Å². The zero-order valence-corrected chi connectivity index (χ0v) is 18.9. The molecule has 2 nitrogen and oxygen atoms in total. The maximum Gasteiger partial charge on any atom is 0.303 e. The first-order valence-electron chi connectivity index (χ1n) is 12.5. The van der Waals surface area contributed by atoms with E-state index in [1.165, 1.54) is 64.2 Å². The zero-order valence-electron chi connectivity index (χ0n) is 18.9. The maximum absolute atomic E-state index is 11.1. The average molecular weight is 389 g/mol. The summed E-state index contributed by atoms with van der Waals surface area (Å²) < 4.78 is 0. The summed E-state index contributed by atoms with van der Waals surface area (Å²) in [5.74, 6) is 5.44. The summed E-state index contributed by atoms with van der Waals surface area (Å²) in [5, 5.41) is 9.15. The molecule has 0 aromatic carbocycles. The fourth-order valence-electron chi connectivity index (χ4n) is 9.55. The summed E-state index contributed by atoms with van der Waals surface area (Å²) in [6, 6.07) is 0. The highest BCUT2D eigenvalue weighted by molar-refractivity contribution is 5.66. The molecule has 9 atom stereocenters. The molecule has 160 valence electrons. The van der Waals surface area contributed by atoms with Crippen LogP contribution in [0, 0.1) is 52.3 Å². The molecule has 0 amide bonds. The van der Waals surface area contributed by atoms with E-state index in [1.807, 2.05) is 0 Å². The van der Waals surface area contributed by atoms with Crippen LogP contribution in [0.4, 0.5) is 0 Å². The molecule has 0 saturated heterocycles. The fourth-order valence-corrected chi connectivity index (χ4v) is 9.55. The van der Waals surface area contributed by atoms with Crippen molar-refractivity contribution in [1.82, 2.24) is 0 Å². The Balaban J connectivity index is 1.56. The maximum atomic E-state index is 11.1. The van der Waals surface area contributed by atoms with Gasteiger partial charge in [-0.3, -0.25) is 4.79 Å². The van der Waals surface area contributed by atoms with Crippen LogP contribution in [0.2, 0.25) is 0 Å². The molecule has 0 radical (unpaired) electrons. The third-order valence-electron chi connectivity index (χ3n) is 10.9. The van der Waals surface area contributed by atoms with E-state index in [0.29, 0.717) is 23.2 Å². The molecule has 4 aliphatic carbocycles. The van der Waals surface area contributed by atoms with E-state index in [1.54, 1.807) is 0 Å². The zero-order chi connectivity index (χ0) is 20.1. The van der Waals surface area contributed by atoms with Gasteiger partial charge in [-0.15, -0.1) is 0 Å². The number of carbonyl (C=O) groups is 1. The number of aliphatic carboxylic acids is 1. The first-order valence-corrected chi connectivity index (χ1v) is 12.5. The van der Waals surface area contributed by atoms with Crippen molar-refractivity contribution in [2.75, 3.05) is 0 Å². The third kappa shape index (κ3) is 3.16. The van der Waals surface area contributed by atoms with Crippen LogP contribution in [-0.4, -0.2) is 11.1 Å². The van der Waals surface area contributed by atoms with Crippen LogP contribution in [0.1, 0.15) is 105 Å². The molecule has 0 unspecified atom stereocenters.